The zero-order valence-electron chi connectivity index (χ0n) is 7.62. The van der Waals surface area contributed by atoms with Gasteiger partial charge in [-0.15, -0.1) is 0 Å². The molecular weight excluding hydrogens is 166 g/mol. The number of hydrogen-bond acceptors (Lipinski definition) is 3. The standard InChI is InChI=1S/C10H13NO2/c1-13-7-8-4-2-3-5-9(8)10(12)6-11/h2-5H,6-7,11H2,1H3. The maximum absolute atomic E-state index is 11.3. The minimum Gasteiger partial charge on any atom is -0.380 e. The van der Waals surface area contributed by atoms with Crippen molar-refractivity contribution >= 4 is 5.78 Å². The highest BCUT2D eigenvalue weighted by atomic mass is 16.5. The second kappa shape index (κ2) is 4.74. The summed E-state index contributed by atoms with van der Waals surface area (Å²) in [5.74, 6) is -0.0485. The van der Waals surface area contributed by atoms with E-state index in [1.807, 2.05) is 18.2 Å². The van der Waals surface area contributed by atoms with Crippen LogP contribution in [0.3, 0.4) is 0 Å². The number of Topliss-reactive ketones (excluding diaryl/α,β-unsaturated/α-hetero) is 1. The zero-order valence-corrected chi connectivity index (χ0v) is 7.62. The minimum absolute atomic E-state index is 0.0424. The van der Waals surface area contributed by atoms with Gasteiger partial charge in [0.15, 0.2) is 5.78 Å². The van der Waals surface area contributed by atoms with Crippen molar-refractivity contribution in [1.82, 2.24) is 0 Å². The maximum atomic E-state index is 11.3. The van der Waals surface area contributed by atoms with Crippen molar-refractivity contribution in [3.8, 4) is 0 Å². The van der Waals surface area contributed by atoms with E-state index < -0.39 is 0 Å². The molecule has 0 radical (unpaired) electrons. The summed E-state index contributed by atoms with van der Waals surface area (Å²) in [6.07, 6.45) is 0. The maximum Gasteiger partial charge on any atom is 0.176 e. The van der Waals surface area contributed by atoms with Gasteiger partial charge in [0.1, 0.15) is 0 Å². The lowest BCUT2D eigenvalue weighted by atomic mass is 10.0. The summed E-state index contributed by atoms with van der Waals surface area (Å²) in [4.78, 5) is 11.3. The fourth-order valence-corrected chi connectivity index (χ4v) is 1.18. The Morgan fingerprint density at radius 3 is 2.77 bits per heavy atom. The number of ketones is 1. The molecular formula is C10H13NO2. The van der Waals surface area contributed by atoms with Crippen LogP contribution in [0.4, 0.5) is 0 Å². The monoisotopic (exact) mass is 179 g/mol. The molecule has 0 aliphatic heterocycles. The number of benzene rings is 1. The summed E-state index contributed by atoms with van der Waals surface area (Å²) in [6.45, 7) is 0.489. The van der Waals surface area contributed by atoms with Crippen LogP contribution in [0.15, 0.2) is 24.3 Å². The Balaban J connectivity index is 2.97. The molecule has 1 rings (SSSR count). The normalized spacial score (nSPS) is 10.0. The van der Waals surface area contributed by atoms with E-state index in [2.05, 4.69) is 0 Å². The van der Waals surface area contributed by atoms with Crippen molar-refractivity contribution in [3.05, 3.63) is 35.4 Å². The molecule has 13 heavy (non-hydrogen) atoms. The lowest BCUT2D eigenvalue weighted by molar-refractivity contribution is 0.0996. The Labute approximate surface area is 77.5 Å². The number of carbonyl (C=O) groups is 1. The van der Waals surface area contributed by atoms with Gasteiger partial charge < -0.3 is 10.5 Å². The fourth-order valence-electron chi connectivity index (χ4n) is 1.18. The lowest BCUT2D eigenvalue weighted by Gasteiger charge is -2.05. The van der Waals surface area contributed by atoms with E-state index in [9.17, 15) is 4.79 Å². The van der Waals surface area contributed by atoms with Gasteiger partial charge in [-0.2, -0.15) is 0 Å². The van der Waals surface area contributed by atoms with Crippen molar-refractivity contribution in [2.24, 2.45) is 5.73 Å². The van der Waals surface area contributed by atoms with E-state index >= 15 is 0 Å². The van der Waals surface area contributed by atoms with Crippen molar-refractivity contribution in [2.75, 3.05) is 13.7 Å². The molecule has 0 aromatic heterocycles. The zero-order chi connectivity index (χ0) is 9.68. The first-order chi connectivity index (χ1) is 6.29. The molecule has 0 unspecified atom stereocenters. The molecule has 0 fully saturated rings. The van der Waals surface area contributed by atoms with Crippen molar-refractivity contribution in [2.45, 2.75) is 6.61 Å². The molecule has 0 aliphatic rings. The Bertz CT molecular complexity index is 297. The first kappa shape index (κ1) is 9.89. The highest BCUT2D eigenvalue weighted by molar-refractivity contribution is 5.98. The van der Waals surface area contributed by atoms with Crippen LogP contribution >= 0.6 is 0 Å². The number of rotatable bonds is 4. The largest absolute Gasteiger partial charge is 0.380 e. The molecule has 1 aromatic rings. The van der Waals surface area contributed by atoms with Crippen molar-refractivity contribution in [1.29, 1.82) is 0 Å². The van der Waals surface area contributed by atoms with Gasteiger partial charge in [-0.1, -0.05) is 24.3 Å². The van der Waals surface area contributed by atoms with Gasteiger partial charge in [-0.25, -0.2) is 0 Å². The first-order valence-electron chi connectivity index (χ1n) is 4.09. The molecule has 3 heteroatoms. The van der Waals surface area contributed by atoms with Gasteiger partial charge >= 0.3 is 0 Å². The summed E-state index contributed by atoms with van der Waals surface area (Å²) < 4.78 is 4.97. The van der Waals surface area contributed by atoms with Gasteiger partial charge in [0.05, 0.1) is 13.2 Å². The third kappa shape index (κ3) is 2.37. The topological polar surface area (TPSA) is 52.3 Å². The van der Waals surface area contributed by atoms with Crippen LogP contribution in [-0.4, -0.2) is 19.4 Å². The average molecular weight is 179 g/mol. The molecule has 2 N–H and O–H groups in total. The SMILES string of the molecule is COCc1ccccc1C(=O)CN. The number of carbonyl (C=O) groups excluding carboxylic acids is 1. The predicted molar refractivity (Wildman–Crippen MR) is 50.5 cm³/mol. The van der Waals surface area contributed by atoms with E-state index in [4.69, 9.17) is 10.5 Å². The van der Waals surface area contributed by atoms with Crippen molar-refractivity contribution in [3.63, 3.8) is 0 Å². The average Bonchev–Trinajstić information content (AvgIpc) is 2.18. The number of nitrogens with two attached hydrogens (primary N) is 1. The van der Waals surface area contributed by atoms with Crippen LogP contribution in [0.2, 0.25) is 0 Å². The summed E-state index contributed by atoms with van der Waals surface area (Å²) in [7, 11) is 1.60. The number of hydrogen-bond donors (Lipinski definition) is 1. The van der Waals surface area contributed by atoms with Gasteiger partial charge in [-0.3, -0.25) is 4.79 Å². The molecule has 0 saturated carbocycles. The van der Waals surface area contributed by atoms with Gasteiger partial charge in [0.2, 0.25) is 0 Å². The summed E-state index contributed by atoms with van der Waals surface area (Å²) in [5.41, 5.74) is 6.83. The number of ether oxygens (including phenoxy) is 1. The second-order valence-corrected chi connectivity index (χ2v) is 2.72. The van der Waals surface area contributed by atoms with Gasteiger partial charge in [0.25, 0.3) is 0 Å². The van der Waals surface area contributed by atoms with Crippen LogP contribution in [0, 0.1) is 0 Å². The third-order valence-electron chi connectivity index (χ3n) is 1.80. The van der Waals surface area contributed by atoms with Crippen LogP contribution in [0.25, 0.3) is 0 Å². The smallest absolute Gasteiger partial charge is 0.176 e. The van der Waals surface area contributed by atoms with E-state index in [0.29, 0.717) is 12.2 Å². The molecule has 0 spiro atoms. The molecule has 0 amide bonds. The lowest BCUT2D eigenvalue weighted by Crippen LogP contribution is -2.15. The minimum atomic E-state index is -0.0485. The van der Waals surface area contributed by atoms with Gasteiger partial charge in [0, 0.05) is 12.7 Å². The second-order valence-electron chi connectivity index (χ2n) is 2.72. The Morgan fingerprint density at radius 1 is 1.46 bits per heavy atom. The quantitative estimate of drug-likeness (QED) is 0.701. The molecule has 0 heterocycles. The summed E-state index contributed by atoms with van der Waals surface area (Å²) in [6, 6.07) is 7.33. The molecule has 0 atom stereocenters. The molecule has 0 saturated heterocycles. The van der Waals surface area contributed by atoms with E-state index in [0.717, 1.165) is 5.56 Å². The Kier molecular flexibility index (Phi) is 3.61. The molecule has 0 aliphatic carbocycles. The Morgan fingerprint density at radius 2 is 2.15 bits per heavy atom. The highest BCUT2D eigenvalue weighted by Gasteiger charge is 2.07. The molecule has 70 valence electrons. The predicted octanol–water partition coefficient (Wildman–Crippen LogP) is 0.974. The molecule has 3 nitrogen and oxygen atoms in total. The first-order valence-corrected chi connectivity index (χ1v) is 4.09. The molecule has 1 aromatic carbocycles. The van der Waals surface area contributed by atoms with Crippen LogP contribution in [0.1, 0.15) is 15.9 Å². The van der Waals surface area contributed by atoms with E-state index in [1.165, 1.54) is 0 Å². The highest BCUT2D eigenvalue weighted by Crippen LogP contribution is 2.09. The van der Waals surface area contributed by atoms with Crippen LogP contribution in [0.5, 0.6) is 0 Å². The van der Waals surface area contributed by atoms with Crippen LogP contribution < -0.4 is 5.73 Å². The summed E-state index contributed by atoms with van der Waals surface area (Å²) >= 11 is 0. The van der Waals surface area contributed by atoms with Crippen molar-refractivity contribution < 1.29 is 9.53 Å². The van der Waals surface area contributed by atoms with Gasteiger partial charge in [-0.05, 0) is 5.56 Å². The molecule has 0 bridgehead atoms. The van der Waals surface area contributed by atoms with E-state index in [1.54, 1.807) is 13.2 Å². The van der Waals surface area contributed by atoms with Crippen LogP contribution in [-0.2, 0) is 11.3 Å². The third-order valence-corrected chi connectivity index (χ3v) is 1.80. The summed E-state index contributed by atoms with van der Waals surface area (Å²) in [5, 5.41) is 0. The number of methoxy groups -OCH3 is 1. The Hall–Kier alpha value is -1.19. The van der Waals surface area contributed by atoms with E-state index in [-0.39, 0.29) is 12.3 Å². The fraction of sp³-hybridized carbons (Fsp3) is 0.300.